The maximum atomic E-state index is 12.8. The summed E-state index contributed by atoms with van der Waals surface area (Å²) in [6, 6.07) is 12.8. The minimum absolute atomic E-state index is 0.188. The van der Waals surface area contributed by atoms with E-state index in [9.17, 15) is 4.79 Å². The molecule has 1 aromatic heterocycles. The predicted molar refractivity (Wildman–Crippen MR) is 120 cm³/mol. The second kappa shape index (κ2) is 8.74. The van der Waals surface area contributed by atoms with Crippen molar-refractivity contribution in [3.05, 3.63) is 65.2 Å². The molecule has 8 nitrogen and oxygen atoms in total. The summed E-state index contributed by atoms with van der Waals surface area (Å²) >= 11 is 0. The number of methoxy groups -OCH3 is 2. The molecule has 1 aliphatic rings. The number of ether oxygens (including phenoxy) is 2. The molecule has 3 aromatic rings. The number of hydrogen-bond acceptors (Lipinski definition) is 6. The molecule has 4 rings (SSSR count). The van der Waals surface area contributed by atoms with Crippen molar-refractivity contribution in [1.29, 1.82) is 0 Å². The van der Waals surface area contributed by atoms with Crippen LogP contribution >= 0.6 is 0 Å². The van der Waals surface area contributed by atoms with Crippen LogP contribution in [0.1, 0.15) is 36.9 Å². The van der Waals surface area contributed by atoms with Gasteiger partial charge in [0.15, 0.2) is 11.5 Å². The van der Waals surface area contributed by atoms with Gasteiger partial charge in [-0.05, 0) is 38.5 Å². The quantitative estimate of drug-likeness (QED) is 0.611. The Morgan fingerprint density at radius 1 is 1.06 bits per heavy atom. The van der Waals surface area contributed by atoms with Gasteiger partial charge < -0.3 is 19.3 Å². The summed E-state index contributed by atoms with van der Waals surface area (Å²) in [5.74, 6) is 2.03. The minimum atomic E-state index is -0.489. The number of aryl methyl sites for hydroxylation is 1. The number of nitrogens with zero attached hydrogens (tertiary/aromatic N) is 3. The molecule has 2 heterocycles. The molecule has 0 bridgehead atoms. The highest BCUT2D eigenvalue weighted by Gasteiger charge is 2.35. The Labute approximate surface area is 186 Å². The van der Waals surface area contributed by atoms with Gasteiger partial charge in [-0.3, -0.25) is 4.90 Å². The van der Waals surface area contributed by atoms with Gasteiger partial charge >= 0.3 is 6.03 Å². The van der Waals surface area contributed by atoms with E-state index >= 15 is 0 Å². The maximum absolute atomic E-state index is 12.8. The molecule has 0 radical (unpaired) electrons. The molecular formula is C24H26N4O4. The average molecular weight is 434 g/mol. The second-order valence-electron chi connectivity index (χ2n) is 7.53. The Bertz CT molecular complexity index is 1170. The van der Waals surface area contributed by atoms with Crippen LogP contribution in [0.5, 0.6) is 11.5 Å². The Morgan fingerprint density at radius 2 is 1.78 bits per heavy atom. The van der Waals surface area contributed by atoms with Crippen molar-refractivity contribution in [2.75, 3.05) is 20.8 Å². The highest BCUT2D eigenvalue weighted by molar-refractivity contribution is 5.87. The zero-order chi connectivity index (χ0) is 22.8. The van der Waals surface area contributed by atoms with E-state index in [1.54, 1.807) is 19.1 Å². The minimum Gasteiger partial charge on any atom is -0.493 e. The lowest BCUT2D eigenvalue weighted by Crippen LogP contribution is -2.45. The first kappa shape index (κ1) is 21.4. The van der Waals surface area contributed by atoms with Crippen molar-refractivity contribution in [2.24, 2.45) is 0 Å². The van der Waals surface area contributed by atoms with Gasteiger partial charge in [0.1, 0.15) is 0 Å². The predicted octanol–water partition coefficient (Wildman–Crippen LogP) is 4.58. The first-order valence-electron chi connectivity index (χ1n) is 10.4. The van der Waals surface area contributed by atoms with Crippen LogP contribution in [0.4, 0.5) is 4.79 Å². The van der Waals surface area contributed by atoms with Gasteiger partial charge in [-0.2, -0.15) is 4.98 Å². The molecule has 0 aliphatic carbocycles. The molecule has 1 aliphatic heterocycles. The fourth-order valence-electron chi connectivity index (χ4n) is 3.87. The van der Waals surface area contributed by atoms with E-state index in [0.717, 1.165) is 28.0 Å². The third kappa shape index (κ3) is 3.79. The Balaban J connectivity index is 1.81. The number of benzene rings is 2. The number of carbonyl (C=O) groups excluding carboxylic acids is 1. The van der Waals surface area contributed by atoms with E-state index in [-0.39, 0.29) is 6.03 Å². The van der Waals surface area contributed by atoms with Crippen LogP contribution < -0.4 is 14.8 Å². The molecule has 0 fully saturated rings. The maximum Gasteiger partial charge on any atom is 0.322 e. The zero-order valence-corrected chi connectivity index (χ0v) is 18.8. The number of carbonyl (C=O) groups is 1. The summed E-state index contributed by atoms with van der Waals surface area (Å²) in [6.45, 7) is 6.35. The van der Waals surface area contributed by atoms with Crippen LogP contribution in [0.3, 0.4) is 0 Å². The third-order valence-corrected chi connectivity index (χ3v) is 5.62. The monoisotopic (exact) mass is 434 g/mol. The zero-order valence-electron chi connectivity index (χ0n) is 18.8. The summed E-state index contributed by atoms with van der Waals surface area (Å²) in [5, 5.41) is 7.25. The molecule has 1 N–H and O–H groups in total. The van der Waals surface area contributed by atoms with Gasteiger partial charge in [-0.25, -0.2) is 4.79 Å². The van der Waals surface area contributed by atoms with Gasteiger partial charge in [-0.1, -0.05) is 41.1 Å². The van der Waals surface area contributed by atoms with Crippen LogP contribution in [-0.2, 0) is 0 Å². The SMILES string of the molecule is CCN1C(=O)NC(c2ccc(OC)c(OC)c2)C(c2nc(-c3ccc(C)cc3)no2)=C1C. The van der Waals surface area contributed by atoms with E-state index in [1.807, 2.05) is 63.2 Å². The van der Waals surface area contributed by atoms with Crippen molar-refractivity contribution >= 4 is 11.6 Å². The first-order valence-corrected chi connectivity index (χ1v) is 10.4. The lowest BCUT2D eigenvalue weighted by atomic mass is 9.94. The molecule has 1 unspecified atom stereocenters. The number of hydrogen-bond donors (Lipinski definition) is 1. The Morgan fingerprint density at radius 3 is 2.44 bits per heavy atom. The normalized spacial score (nSPS) is 16.2. The van der Waals surface area contributed by atoms with Crippen LogP contribution in [0.15, 0.2) is 52.7 Å². The molecule has 0 saturated heterocycles. The highest BCUT2D eigenvalue weighted by atomic mass is 16.5. The van der Waals surface area contributed by atoms with Crippen molar-refractivity contribution in [3.63, 3.8) is 0 Å². The van der Waals surface area contributed by atoms with E-state index < -0.39 is 6.04 Å². The summed E-state index contributed by atoms with van der Waals surface area (Å²) in [4.78, 5) is 19.1. The lowest BCUT2D eigenvalue weighted by molar-refractivity contribution is 0.207. The molecule has 2 aromatic carbocycles. The Hall–Kier alpha value is -3.81. The van der Waals surface area contributed by atoms with Crippen LogP contribution in [0.25, 0.3) is 17.0 Å². The highest BCUT2D eigenvalue weighted by Crippen LogP contribution is 2.39. The number of amides is 2. The van der Waals surface area contributed by atoms with E-state index in [1.165, 1.54) is 0 Å². The van der Waals surface area contributed by atoms with Gasteiger partial charge in [0.05, 0.1) is 25.8 Å². The summed E-state index contributed by atoms with van der Waals surface area (Å²) in [6.07, 6.45) is 0. The lowest BCUT2D eigenvalue weighted by Gasteiger charge is -2.34. The number of urea groups is 1. The molecule has 8 heteroatoms. The van der Waals surface area contributed by atoms with E-state index in [4.69, 9.17) is 14.0 Å². The Kier molecular flexibility index (Phi) is 5.85. The average Bonchev–Trinajstić information content (AvgIpc) is 3.28. The van der Waals surface area contributed by atoms with Gasteiger partial charge in [0, 0.05) is 17.8 Å². The fraction of sp³-hybridized carbons (Fsp3) is 0.292. The summed E-state index contributed by atoms with van der Waals surface area (Å²) in [5.41, 5.74) is 4.33. The molecule has 2 amide bonds. The first-order chi connectivity index (χ1) is 15.5. The smallest absolute Gasteiger partial charge is 0.322 e. The second-order valence-corrected chi connectivity index (χ2v) is 7.53. The molecule has 32 heavy (non-hydrogen) atoms. The van der Waals surface area contributed by atoms with Gasteiger partial charge in [0.2, 0.25) is 5.82 Å². The number of allylic oxidation sites excluding steroid dienone is 1. The van der Waals surface area contributed by atoms with Crippen molar-refractivity contribution in [1.82, 2.24) is 20.4 Å². The third-order valence-electron chi connectivity index (χ3n) is 5.62. The number of rotatable bonds is 6. The molecular weight excluding hydrogens is 408 g/mol. The summed E-state index contributed by atoms with van der Waals surface area (Å²) in [7, 11) is 3.16. The van der Waals surface area contributed by atoms with Gasteiger partial charge in [0.25, 0.3) is 5.89 Å². The molecule has 0 saturated carbocycles. The molecule has 0 spiro atoms. The summed E-state index contributed by atoms with van der Waals surface area (Å²) < 4.78 is 16.5. The largest absolute Gasteiger partial charge is 0.493 e. The van der Waals surface area contributed by atoms with E-state index in [2.05, 4.69) is 15.5 Å². The van der Waals surface area contributed by atoms with Crippen molar-refractivity contribution in [3.8, 4) is 22.9 Å². The van der Waals surface area contributed by atoms with Crippen molar-refractivity contribution in [2.45, 2.75) is 26.8 Å². The standard InChI is InChI=1S/C24H26N4O4/c1-6-28-15(3)20(23-26-22(27-32-23)16-9-7-14(2)8-10-16)21(25-24(28)29)17-11-12-18(30-4)19(13-17)31-5/h7-13,21H,6H2,1-5H3,(H,25,29). The number of aromatic nitrogens is 2. The molecule has 166 valence electrons. The number of nitrogens with one attached hydrogen (secondary N) is 1. The fourth-order valence-corrected chi connectivity index (χ4v) is 3.87. The van der Waals surface area contributed by atoms with Crippen LogP contribution in [0, 0.1) is 6.92 Å². The van der Waals surface area contributed by atoms with E-state index in [0.29, 0.717) is 29.8 Å². The van der Waals surface area contributed by atoms with Crippen LogP contribution in [0.2, 0.25) is 0 Å². The van der Waals surface area contributed by atoms with Crippen molar-refractivity contribution < 1.29 is 18.8 Å². The topological polar surface area (TPSA) is 89.7 Å². The molecule has 1 atom stereocenters. The van der Waals surface area contributed by atoms with Crippen LogP contribution in [-0.4, -0.2) is 41.8 Å². The van der Waals surface area contributed by atoms with Gasteiger partial charge in [-0.15, -0.1) is 0 Å².